The fourth-order valence-corrected chi connectivity index (χ4v) is 3.10. The number of aliphatic hydroxyl groups excluding tert-OH is 1. The van der Waals surface area contributed by atoms with Crippen LogP contribution in [0, 0.1) is 11.8 Å². The topological polar surface area (TPSA) is 63.6 Å². The van der Waals surface area contributed by atoms with Gasteiger partial charge in [-0.3, -0.25) is 0 Å². The number of benzene rings is 2. The van der Waals surface area contributed by atoms with Crippen LogP contribution < -0.4 is 5.11 Å². The molecule has 0 saturated carbocycles. The van der Waals surface area contributed by atoms with Crippen molar-refractivity contribution in [3.8, 4) is 11.8 Å². The number of rotatable bonds is 5. The SMILES string of the molecule is CC(C)(C)N(C(=O)[O-])[C@@H](Cc1ccccc1)[C@H](O)C(F)(F)C#Cc1ccccc1. The van der Waals surface area contributed by atoms with Gasteiger partial charge in [0, 0.05) is 11.1 Å². The number of alkyl halides is 2. The zero-order chi connectivity index (χ0) is 21.7. The van der Waals surface area contributed by atoms with Crippen molar-refractivity contribution < 1.29 is 23.8 Å². The highest BCUT2D eigenvalue weighted by Gasteiger charge is 2.46. The molecule has 1 amide bonds. The molecular formula is C23H24F2NO3-. The molecule has 0 aromatic heterocycles. The largest absolute Gasteiger partial charge is 0.530 e. The minimum Gasteiger partial charge on any atom is -0.530 e. The third-order valence-electron chi connectivity index (χ3n) is 4.42. The molecule has 29 heavy (non-hydrogen) atoms. The van der Waals surface area contributed by atoms with Gasteiger partial charge in [0.25, 0.3) is 0 Å². The lowest BCUT2D eigenvalue weighted by Gasteiger charge is -2.46. The molecule has 0 saturated heterocycles. The number of nitrogens with zero attached hydrogens (tertiary/aromatic N) is 1. The van der Waals surface area contributed by atoms with Crippen LogP contribution in [0.1, 0.15) is 31.9 Å². The molecule has 6 heteroatoms. The van der Waals surface area contributed by atoms with Crippen LogP contribution in [0.3, 0.4) is 0 Å². The number of hydrogen-bond donors (Lipinski definition) is 1. The van der Waals surface area contributed by atoms with Crippen molar-refractivity contribution in [3.05, 3.63) is 71.8 Å². The van der Waals surface area contributed by atoms with E-state index in [0.717, 1.165) is 4.90 Å². The Hall–Kier alpha value is -2.91. The predicted octanol–water partition coefficient (Wildman–Crippen LogP) is 3.09. The van der Waals surface area contributed by atoms with Gasteiger partial charge in [0.05, 0.1) is 6.04 Å². The molecule has 0 heterocycles. The number of carboxylic acid groups (broad SMARTS) is 1. The number of carbonyl (C=O) groups excluding carboxylic acids is 1. The zero-order valence-corrected chi connectivity index (χ0v) is 16.6. The van der Waals surface area contributed by atoms with E-state index in [1.807, 2.05) is 5.92 Å². The summed E-state index contributed by atoms with van der Waals surface area (Å²) < 4.78 is 29.6. The summed E-state index contributed by atoms with van der Waals surface area (Å²) in [5, 5.41) is 22.4. The lowest BCUT2D eigenvalue weighted by Crippen LogP contribution is -2.63. The van der Waals surface area contributed by atoms with Gasteiger partial charge in [0.2, 0.25) is 0 Å². The molecule has 0 spiro atoms. The van der Waals surface area contributed by atoms with Gasteiger partial charge in [0.1, 0.15) is 12.2 Å². The number of halogens is 2. The van der Waals surface area contributed by atoms with E-state index in [0.29, 0.717) is 11.1 Å². The van der Waals surface area contributed by atoms with Gasteiger partial charge in [-0.15, -0.1) is 0 Å². The molecule has 0 aliphatic carbocycles. The molecule has 0 aliphatic heterocycles. The number of amides is 1. The molecule has 0 bridgehead atoms. The Morgan fingerprint density at radius 1 is 1.07 bits per heavy atom. The summed E-state index contributed by atoms with van der Waals surface area (Å²) in [7, 11) is 0. The molecule has 0 fully saturated rings. The Bertz CT molecular complexity index is 868. The van der Waals surface area contributed by atoms with Crippen LogP contribution in [0.25, 0.3) is 0 Å². The van der Waals surface area contributed by atoms with Crippen molar-refractivity contribution >= 4 is 6.09 Å². The van der Waals surface area contributed by atoms with Gasteiger partial charge in [0.15, 0.2) is 0 Å². The second-order valence-electron chi connectivity index (χ2n) is 7.75. The fraction of sp³-hybridized carbons (Fsp3) is 0.348. The van der Waals surface area contributed by atoms with Crippen molar-refractivity contribution in [1.29, 1.82) is 0 Å². The summed E-state index contributed by atoms with van der Waals surface area (Å²) in [6, 6.07) is 15.3. The summed E-state index contributed by atoms with van der Waals surface area (Å²) in [6.07, 6.45) is -4.10. The number of hydrogen-bond acceptors (Lipinski definition) is 3. The lowest BCUT2D eigenvalue weighted by atomic mass is 9.92. The maximum absolute atomic E-state index is 14.8. The normalized spacial score (nSPS) is 13.7. The Kier molecular flexibility index (Phi) is 6.99. The first-order chi connectivity index (χ1) is 13.5. The maximum Gasteiger partial charge on any atom is 0.335 e. The van der Waals surface area contributed by atoms with Crippen molar-refractivity contribution in [2.45, 2.75) is 50.8 Å². The highest BCUT2D eigenvalue weighted by molar-refractivity contribution is 5.64. The molecule has 2 atom stereocenters. The summed E-state index contributed by atoms with van der Waals surface area (Å²) >= 11 is 0. The van der Waals surface area contributed by atoms with Gasteiger partial charge in [-0.1, -0.05) is 54.5 Å². The molecule has 2 aromatic carbocycles. The lowest BCUT2D eigenvalue weighted by molar-refractivity contribution is -0.277. The summed E-state index contributed by atoms with van der Waals surface area (Å²) in [5.41, 5.74) is -0.0900. The van der Waals surface area contributed by atoms with Crippen molar-refractivity contribution in [2.75, 3.05) is 0 Å². The van der Waals surface area contributed by atoms with Crippen LogP contribution in [-0.4, -0.2) is 39.7 Å². The van der Waals surface area contributed by atoms with Gasteiger partial charge in [-0.25, -0.2) is 0 Å². The molecule has 0 aliphatic rings. The molecule has 0 unspecified atom stereocenters. The molecule has 4 nitrogen and oxygen atoms in total. The summed E-state index contributed by atoms with van der Waals surface area (Å²) in [6.45, 7) is 4.67. The first-order valence-electron chi connectivity index (χ1n) is 9.21. The van der Waals surface area contributed by atoms with Crippen molar-refractivity contribution in [2.24, 2.45) is 0 Å². The van der Waals surface area contributed by atoms with E-state index in [1.165, 1.54) is 0 Å². The fourth-order valence-electron chi connectivity index (χ4n) is 3.10. The standard InChI is InChI=1S/C23H25F2NO3/c1-22(2,3)26(21(28)29)19(16-18-12-8-5-9-13-18)20(27)23(24,25)15-14-17-10-6-4-7-11-17/h4-13,19-20,27H,16H2,1-3H3,(H,28,29)/p-1/t19-,20-/m0/s1. The molecule has 2 aromatic rings. The molecule has 154 valence electrons. The first kappa shape index (κ1) is 22.4. The molecule has 2 rings (SSSR count). The van der Waals surface area contributed by atoms with Crippen LogP contribution in [0.5, 0.6) is 0 Å². The average molecular weight is 400 g/mol. The van der Waals surface area contributed by atoms with Crippen LogP contribution in [0.4, 0.5) is 13.6 Å². The highest BCUT2D eigenvalue weighted by Crippen LogP contribution is 2.29. The van der Waals surface area contributed by atoms with Gasteiger partial charge in [-0.05, 0) is 50.8 Å². The zero-order valence-electron chi connectivity index (χ0n) is 16.6. The second kappa shape index (κ2) is 9.06. The Balaban J connectivity index is 2.43. The second-order valence-corrected chi connectivity index (χ2v) is 7.75. The molecule has 0 radical (unpaired) electrons. The quantitative estimate of drug-likeness (QED) is 0.785. The van der Waals surface area contributed by atoms with E-state index in [9.17, 15) is 23.8 Å². The Labute approximate surface area is 169 Å². The molecule has 1 N–H and O–H groups in total. The van der Waals surface area contributed by atoms with E-state index in [1.54, 1.807) is 81.4 Å². The van der Waals surface area contributed by atoms with Crippen LogP contribution in [0.2, 0.25) is 0 Å². The Morgan fingerprint density at radius 3 is 2.07 bits per heavy atom. The smallest absolute Gasteiger partial charge is 0.335 e. The van der Waals surface area contributed by atoms with Crippen LogP contribution >= 0.6 is 0 Å². The third kappa shape index (κ3) is 6.03. The number of carbonyl (C=O) groups is 1. The molecular weight excluding hydrogens is 376 g/mol. The van der Waals surface area contributed by atoms with E-state index in [4.69, 9.17) is 0 Å². The minimum absolute atomic E-state index is 0.115. The predicted molar refractivity (Wildman–Crippen MR) is 105 cm³/mol. The minimum atomic E-state index is -3.84. The maximum atomic E-state index is 14.8. The van der Waals surface area contributed by atoms with E-state index in [-0.39, 0.29) is 6.42 Å². The van der Waals surface area contributed by atoms with Gasteiger partial charge < -0.3 is 19.9 Å². The third-order valence-corrected chi connectivity index (χ3v) is 4.42. The van der Waals surface area contributed by atoms with Gasteiger partial charge in [-0.2, -0.15) is 8.78 Å². The van der Waals surface area contributed by atoms with Gasteiger partial charge >= 0.3 is 5.92 Å². The average Bonchev–Trinajstić information content (AvgIpc) is 2.65. The summed E-state index contributed by atoms with van der Waals surface area (Å²) in [5.74, 6) is 0.324. The first-order valence-corrected chi connectivity index (χ1v) is 9.21. The van der Waals surface area contributed by atoms with Crippen LogP contribution in [-0.2, 0) is 6.42 Å². The van der Waals surface area contributed by atoms with E-state index >= 15 is 0 Å². The highest BCUT2D eigenvalue weighted by atomic mass is 19.3. The summed E-state index contributed by atoms with van der Waals surface area (Å²) in [4.78, 5) is 12.6. The van der Waals surface area contributed by atoms with E-state index in [2.05, 4.69) is 5.92 Å². The monoisotopic (exact) mass is 400 g/mol. The number of aliphatic hydroxyl groups is 1. The Morgan fingerprint density at radius 2 is 1.59 bits per heavy atom. The van der Waals surface area contributed by atoms with Crippen LogP contribution in [0.15, 0.2) is 60.7 Å². The van der Waals surface area contributed by atoms with Crippen molar-refractivity contribution in [1.82, 2.24) is 4.90 Å². The van der Waals surface area contributed by atoms with E-state index < -0.39 is 29.7 Å². The van der Waals surface area contributed by atoms with Crippen molar-refractivity contribution in [3.63, 3.8) is 0 Å².